The zero-order valence-corrected chi connectivity index (χ0v) is 19.8. The molecule has 2 heterocycles. The second-order valence-electron chi connectivity index (χ2n) is 7.27. The number of rotatable bonds is 6. The van der Waals surface area contributed by atoms with Crippen molar-refractivity contribution in [2.75, 3.05) is 20.7 Å². The molecule has 2 atom stereocenters. The highest BCUT2D eigenvalue weighted by molar-refractivity contribution is 14.0. The summed E-state index contributed by atoms with van der Waals surface area (Å²) >= 11 is 0. The molecule has 1 aliphatic heterocycles. The minimum atomic E-state index is 0. The molecule has 1 fully saturated rings. The van der Waals surface area contributed by atoms with Gasteiger partial charge in [0.15, 0.2) is 5.96 Å². The fourth-order valence-electron chi connectivity index (χ4n) is 3.64. The van der Waals surface area contributed by atoms with Crippen molar-refractivity contribution < 1.29 is 4.74 Å². The molecule has 2 unspecified atom stereocenters. The summed E-state index contributed by atoms with van der Waals surface area (Å²) in [6.07, 6.45) is 2.21. The molecule has 2 N–H and O–H groups in total. The Balaban J connectivity index is 0.00000300. The molecule has 0 radical (unpaired) electrons. The van der Waals surface area contributed by atoms with E-state index >= 15 is 0 Å². The molecule has 0 aliphatic carbocycles. The Labute approximate surface area is 191 Å². The van der Waals surface area contributed by atoms with Gasteiger partial charge in [-0.15, -0.1) is 24.0 Å². The Morgan fingerprint density at radius 3 is 2.69 bits per heavy atom. The van der Waals surface area contributed by atoms with E-state index in [4.69, 9.17) is 4.74 Å². The normalized spacial score (nSPS) is 19.9. The molecule has 0 spiro atoms. The van der Waals surface area contributed by atoms with Crippen molar-refractivity contribution in [3.63, 3.8) is 0 Å². The number of aliphatic imine (C=N–C) groups is 1. The van der Waals surface area contributed by atoms with Gasteiger partial charge in [-0.1, -0.05) is 36.4 Å². The molecule has 7 heteroatoms. The summed E-state index contributed by atoms with van der Waals surface area (Å²) in [7, 11) is 3.44. The van der Waals surface area contributed by atoms with E-state index in [9.17, 15) is 0 Å². The van der Waals surface area contributed by atoms with Crippen LogP contribution < -0.4 is 15.4 Å². The van der Waals surface area contributed by atoms with Gasteiger partial charge in [-0.25, -0.2) is 4.98 Å². The minimum absolute atomic E-state index is 0. The van der Waals surface area contributed by atoms with E-state index in [-0.39, 0.29) is 24.0 Å². The van der Waals surface area contributed by atoms with Crippen molar-refractivity contribution in [3.8, 4) is 5.88 Å². The maximum Gasteiger partial charge on any atom is 0.213 e. The lowest BCUT2D eigenvalue weighted by Gasteiger charge is -2.38. The number of methoxy groups -OCH3 is 1. The molecule has 1 aromatic heterocycles. The molecule has 1 aliphatic rings. The first-order chi connectivity index (χ1) is 13.7. The Morgan fingerprint density at radius 1 is 1.21 bits per heavy atom. The van der Waals surface area contributed by atoms with Gasteiger partial charge in [0, 0.05) is 38.3 Å². The highest BCUT2D eigenvalue weighted by atomic mass is 127. The summed E-state index contributed by atoms with van der Waals surface area (Å²) in [5, 5.41) is 6.93. The number of halogens is 1. The first kappa shape index (κ1) is 23.4. The summed E-state index contributed by atoms with van der Waals surface area (Å²) in [6, 6.07) is 17.4. The lowest BCUT2D eigenvalue weighted by Crippen LogP contribution is -2.51. The van der Waals surface area contributed by atoms with Crippen LogP contribution in [0.3, 0.4) is 0 Å². The van der Waals surface area contributed by atoms with Crippen LogP contribution in [0.4, 0.5) is 0 Å². The Kier molecular flexibility index (Phi) is 9.66. The van der Waals surface area contributed by atoms with Crippen LogP contribution >= 0.6 is 24.0 Å². The zero-order valence-electron chi connectivity index (χ0n) is 17.5. The average Bonchev–Trinajstić information content (AvgIpc) is 2.74. The second kappa shape index (κ2) is 12.0. The molecular formula is C22H32IN5O. The van der Waals surface area contributed by atoms with Crippen molar-refractivity contribution in [2.24, 2.45) is 4.99 Å². The van der Waals surface area contributed by atoms with Crippen LogP contribution in [0.1, 0.15) is 31.0 Å². The summed E-state index contributed by atoms with van der Waals surface area (Å²) in [5.74, 6) is 1.44. The fourth-order valence-corrected chi connectivity index (χ4v) is 3.64. The monoisotopic (exact) mass is 509 g/mol. The standard InChI is InChI=1S/C22H31N5O.HI/c1-17-14-19(12-13-27(17)16-18-8-5-4-6-9-18)26-22(23-2)24-15-20-10-7-11-21(25-20)28-3;/h4-11,17,19H,12-16H2,1-3H3,(H2,23,24,26);1H. The molecule has 6 nitrogen and oxygen atoms in total. The van der Waals surface area contributed by atoms with Gasteiger partial charge in [0.2, 0.25) is 5.88 Å². The van der Waals surface area contributed by atoms with Gasteiger partial charge in [-0.05, 0) is 31.4 Å². The maximum atomic E-state index is 5.18. The van der Waals surface area contributed by atoms with Gasteiger partial charge < -0.3 is 15.4 Å². The molecule has 0 bridgehead atoms. The molecular weight excluding hydrogens is 477 g/mol. The third kappa shape index (κ3) is 7.15. The topological polar surface area (TPSA) is 61.8 Å². The van der Waals surface area contributed by atoms with Crippen LogP contribution in [0.5, 0.6) is 5.88 Å². The Morgan fingerprint density at radius 2 is 2.00 bits per heavy atom. The van der Waals surface area contributed by atoms with Crippen LogP contribution in [0.15, 0.2) is 53.5 Å². The third-order valence-corrected chi connectivity index (χ3v) is 5.23. The number of hydrogen-bond donors (Lipinski definition) is 2. The third-order valence-electron chi connectivity index (χ3n) is 5.23. The van der Waals surface area contributed by atoms with E-state index in [2.05, 4.69) is 62.8 Å². The van der Waals surface area contributed by atoms with Gasteiger partial charge in [-0.3, -0.25) is 9.89 Å². The number of ether oxygens (including phenoxy) is 1. The van der Waals surface area contributed by atoms with E-state index in [1.165, 1.54) is 5.56 Å². The number of nitrogens with zero attached hydrogens (tertiary/aromatic N) is 3. The second-order valence-corrected chi connectivity index (χ2v) is 7.27. The van der Waals surface area contributed by atoms with Crippen molar-refractivity contribution in [2.45, 2.75) is 44.9 Å². The quantitative estimate of drug-likeness (QED) is 0.355. The van der Waals surface area contributed by atoms with E-state index in [0.717, 1.165) is 37.6 Å². The number of hydrogen-bond acceptors (Lipinski definition) is 4. The van der Waals surface area contributed by atoms with Crippen LogP contribution in [0.25, 0.3) is 0 Å². The number of aromatic nitrogens is 1. The SMILES string of the molecule is CN=C(NCc1cccc(OC)n1)NC1CCN(Cc2ccccc2)C(C)C1.I. The molecule has 0 amide bonds. The summed E-state index contributed by atoms with van der Waals surface area (Å²) in [6.45, 7) is 5.03. The molecule has 0 saturated carbocycles. The lowest BCUT2D eigenvalue weighted by molar-refractivity contribution is 0.134. The number of piperidine rings is 1. The largest absolute Gasteiger partial charge is 0.481 e. The van der Waals surface area contributed by atoms with Crippen molar-refractivity contribution >= 4 is 29.9 Å². The van der Waals surface area contributed by atoms with Gasteiger partial charge in [0.25, 0.3) is 0 Å². The number of likely N-dealkylation sites (tertiary alicyclic amines) is 1. The highest BCUT2D eigenvalue weighted by Crippen LogP contribution is 2.20. The fraction of sp³-hybridized carbons (Fsp3) is 0.455. The molecule has 29 heavy (non-hydrogen) atoms. The smallest absolute Gasteiger partial charge is 0.213 e. The summed E-state index contributed by atoms with van der Waals surface area (Å²) < 4.78 is 5.18. The van der Waals surface area contributed by atoms with Gasteiger partial charge in [0.1, 0.15) is 0 Å². The zero-order chi connectivity index (χ0) is 19.8. The minimum Gasteiger partial charge on any atom is -0.481 e. The van der Waals surface area contributed by atoms with Crippen molar-refractivity contribution in [1.29, 1.82) is 0 Å². The van der Waals surface area contributed by atoms with E-state index in [1.807, 2.05) is 25.2 Å². The summed E-state index contributed by atoms with van der Waals surface area (Å²) in [4.78, 5) is 11.4. The molecule has 3 rings (SSSR count). The van der Waals surface area contributed by atoms with Crippen LogP contribution in [0.2, 0.25) is 0 Å². The Bertz CT molecular complexity index is 771. The van der Waals surface area contributed by atoms with Crippen molar-refractivity contribution in [3.05, 3.63) is 59.8 Å². The van der Waals surface area contributed by atoms with Crippen LogP contribution in [0, 0.1) is 0 Å². The molecule has 1 aromatic carbocycles. The van der Waals surface area contributed by atoms with Gasteiger partial charge in [-0.2, -0.15) is 0 Å². The molecule has 2 aromatic rings. The van der Waals surface area contributed by atoms with E-state index in [0.29, 0.717) is 24.5 Å². The van der Waals surface area contributed by atoms with Crippen LogP contribution in [-0.4, -0.2) is 48.6 Å². The van der Waals surface area contributed by atoms with E-state index in [1.54, 1.807) is 7.11 Å². The number of guanidine groups is 1. The van der Waals surface area contributed by atoms with Crippen molar-refractivity contribution in [1.82, 2.24) is 20.5 Å². The highest BCUT2D eigenvalue weighted by Gasteiger charge is 2.25. The number of nitrogens with one attached hydrogen (secondary N) is 2. The Hall–Kier alpha value is -1.87. The molecule has 158 valence electrons. The first-order valence-electron chi connectivity index (χ1n) is 9.93. The first-order valence-corrected chi connectivity index (χ1v) is 9.93. The van der Waals surface area contributed by atoms with Gasteiger partial charge in [0.05, 0.1) is 19.3 Å². The number of benzene rings is 1. The molecule has 1 saturated heterocycles. The van der Waals surface area contributed by atoms with Gasteiger partial charge >= 0.3 is 0 Å². The predicted molar refractivity (Wildman–Crippen MR) is 129 cm³/mol. The van der Waals surface area contributed by atoms with Crippen LogP contribution in [-0.2, 0) is 13.1 Å². The predicted octanol–water partition coefficient (Wildman–Crippen LogP) is 3.43. The lowest BCUT2D eigenvalue weighted by atomic mass is 9.97. The van der Waals surface area contributed by atoms with E-state index < -0.39 is 0 Å². The average molecular weight is 509 g/mol. The number of pyridine rings is 1. The maximum absolute atomic E-state index is 5.18. The summed E-state index contributed by atoms with van der Waals surface area (Å²) in [5.41, 5.74) is 2.30.